The summed E-state index contributed by atoms with van der Waals surface area (Å²) in [5.41, 5.74) is 2.24. The molecule has 1 heterocycles. The van der Waals surface area contributed by atoms with Crippen LogP contribution >= 0.6 is 0 Å². The fraction of sp³-hybridized carbons (Fsp3) is 0.320. The molecule has 1 saturated heterocycles. The highest BCUT2D eigenvalue weighted by Crippen LogP contribution is 2.39. The average Bonchev–Trinajstić information content (AvgIpc) is 3.03. The van der Waals surface area contributed by atoms with Gasteiger partial charge in [0.05, 0.1) is 18.7 Å². The summed E-state index contributed by atoms with van der Waals surface area (Å²) in [6.45, 7) is 2.24. The molecule has 2 aromatic rings. The molecular weight excluding hydrogens is 410 g/mol. The molecule has 0 aromatic heterocycles. The Hall–Kier alpha value is -3.61. The second kappa shape index (κ2) is 10.1. The Morgan fingerprint density at radius 3 is 2.22 bits per heavy atom. The molecule has 7 heteroatoms. The molecule has 1 aliphatic rings. The van der Waals surface area contributed by atoms with Gasteiger partial charge in [0.15, 0.2) is 0 Å². The Balaban J connectivity index is 1.96. The number of unbranched alkanes of at least 4 members (excludes halogenated alkanes) is 2. The number of hydrogen-bond donors (Lipinski definition) is 2. The van der Waals surface area contributed by atoms with E-state index in [4.69, 9.17) is 9.84 Å². The number of aliphatic hydroxyl groups is 1. The zero-order chi connectivity index (χ0) is 23.3. The van der Waals surface area contributed by atoms with Gasteiger partial charge in [0.1, 0.15) is 11.5 Å². The summed E-state index contributed by atoms with van der Waals surface area (Å²) in [5.74, 6) is -1.87. The largest absolute Gasteiger partial charge is 0.507 e. The topological polar surface area (TPSA) is 104 Å². The van der Waals surface area contributed by atoms with E-state index in [1.54, 1.807) is 24.3 Å². The first-order chi connectivity index (χ1) is 15.3. The van der Waals surface area contributed by atoms with E-state index in [-0.39, 0.29) is 17.8 Å². The summed E-state index contributed by atoms with van der Waals surface area (Å²) in [6, 6.07) is 13.4. The first kappa shape index (κ1) is 23.1. The van der Waals surface area contributed by atoms with E-state index in [0.29, 0.717) is 37.1 Å². The standard InChI is InChI=1S/C25H27NO6/c1-16-7-9-17(10-8-16)22-21(23(29)18-11-13-19(32-2)14-12-18)24(30)25(31)26(22)15-5-3-4-6-20(27)28/h7-14,22,29H,3-6,15H2,1-2H3,(H,27,28)/t22-/m0/s1. The molecule has 32 heavy (non-hydrogen) atoms. The van der Waals surface area contributed by atoms with Crippen LogP contribution in [-0.4, -0.2) is 46.4 Å². The van der Waals surface area contributed by atoms with Crippen LogP contribution in [0.3, 0.4) is 0 Å². The van der Waals surface area contributed by atoms with Crippen molar-refractivity contribution < 1.29 is 29.3 Å². The molecule has 0 saturated carbocycles. The van der Waals surface area contributed by atoms with Gasteiger partial charge in [-0.3, -0.25) is 14.4 Å². The van der Waals surface area contributed by atoms with E-state index < -0.39 is 23.7 Å². The number of carbonyl (C=O) groups excluding carboxylic acids is 2. The van der Waals surface area contributed by atoms with Gasteiger partial charge in [-0.25, -0.2) is 0 Å². The van der Waals surface area contributed by atoms with Crippen LogP contribution < -0.4 is 4.74 Å². The maximum absolute atomic E-state index is 13.0. The van der Waals surface area contributed by atoms with Gasteiger partial charge in [-0.05, 0) is 49.6 Å². The lowest BCUT2D eigenvalue weighted by atomic mass is 9.94. The third kappa shape index (κ3) is 4.99. The van der Waals surface area contributed by atoms with Crippen molar-refractivity contribution in [1.29, 1.82) is 0 Å². The van der Waals surface area contributed by atoms with Crippen LogP contribution in [0.25, 0.3) is 5.76 Å². The van der Waals surface area contributed by atoms with Crippen LogP contribution in [0.4, 0.5) is 0 Å². The van der Waals surface area contributed by atoms with Gasteiger partial charge >= 0.3 is 5.97 Å². The van der Waals surface area contributed by atoms with Gasteiger partial charge in [-0.1, -0.05) is 36.2 Å². The molecule has 3 rings (SSSR count). The predicted octanol–water partition coefficient (Wildman–Crippen LogP) is 4.07. The molecule has 0 radical (unpaired) electrons. The summed E-state index contributed by atoms with van der Waals surface area (Å²) in [5, 5.41) is 19.8. The highest BCUT2D eigenvalue weighted by molar-refractivity contribution is 6.46. The SMILES string of the molecule is COc1ccc(C(O)=C2C(=O)C(=O)N(CCCCCC(=O)O)[C@H]2c2ccc(C)cc2)cc1. The van der Waals surface area contributed by atoms with Crippen LogP contribution in [0.1, 0.15) is 48.4 Å². The van der Waals surface area contributed by atoms with E-state index in [0.717, 1.165) is 11.1 Å². The molecular formula is C25H27NO6. The molecule has 1 aliphatic heterocycles. The number of ketones is 1. The van der Waals surface area contributed by atoms with Crippen molar-refractivity contribution in [2.24, 2.45) is 0 Å². The molecule has 168 valence electrons. The Morgan fingerprint density at radius 2 is 1.62 bits per heavy atom. The van der Waals surface area contributed by atoms with Crippen molar-refractivity contribution in [3.8, 4) is 5.75 Å². The fourth-order valence-corrected chi connectivity index (χ4v) is 3.85. The number of nitrogens with zero attached hydrogens (tertiary/aromatic N) is 1. The highest BCUT2D eigenvalue weighted by Gasteiger charge is 2.45. The molecule has 7 nitrogen and oxygen atoms in total. The number of Topliss-reactive ketones (excluding diaryl/α,β-unsaturated/α-hetero) is 1. The van der Waals surface area contributed by atoms with Crippen molar-refractivity contribution in [2.45, 2.75) is 38.6 Å². The lowest BCUT2D eigenvalue weighted by Gasteiger charge is -2.25. The third-order valence-electron chi connectivity index (χ3n) is 5.59. The van der Waals surface area contributed by atoms with Gasteiger partial charge < -0.3 is 19.8 Å². The van der Waals surface area contributed by atoms with Gasteiger partial charge in [0, 0.05) is 18.5 Å². The van der Waals surface area contributed by atoms with Crippen LogP contribution in [0.2, 0.25) is 0 Å². The first-order valence-electron chi connectivity index (χ1n) is 10.5. The summed E-state index contributed by atoms with van der Waals surface area (Å²) in [7, 11) is 1.54. The molecule has 1 atom stereocenters. The molecule has 0 unspecified atom stereocenters. The number of carbonyl (C=O) groups is 3. The highest BCUT2D eigenvalue weighted by atomic mass is 16.5. The van der Waals surface area contributed by atoms with Crippen LogP contribution in [-0.2, 0) is 14.4 Å². The number of rotatable bonds is 9. The summed E-state index contributed by atoms with van der Waals surface area (Å²) in [4.78, 5) is 38.1. The normalized spacial score (nSPS) is 17.6. The quantitative estimate of drug-likeness (QED) is 0.265. The maximum Gasteiger partial charge on any atom is 0.303 e. The minimum atomic E-state index is -0.857. The number of amides is 1. The van der Waals surface area contributed by atoms with Crippen molar-refractivity contribution >= 4 is 23.4 Å². The fourth-order valence-electron chi connectivity index (χ4n) is 3.85. The number of aliphatic carboxylic acids is 1. The number of hydrogen-bond acceptors (Lipinski definition) is 5. The Bertz CT molecular complexity index is 1020. The minimum absolute atomic E-state index is 0.0505. The average molecular weight is 437 g/mol. The zero-order valence-corrected chi connectivity index (χ0v) is 18.2. The van der Waals surface area contributed by atoms with Gasteiger partial charge in [-0.2, -0.15) is 0 Å². The van der Waals surface area contributed by atoms with Crippen molar-refractivity contribution in [2.75, 3.05) is 13.7 Å². The van der Waals surface area contributed by atoms with E-state index in [9.17, 15) is 19.5 Å². The van der Waals surface area contributed by atoms with Crippen LogP contribution in [0.5, 0.6) is 5.75 Å². The number of likely N-dealkylation sites (tertiary alicyclic amines) is 1. The van der Waals surface area contributed by atoms with Gasteiger partial charge in [0.25, 0.3) is 11.7 Å². The molecule has 1 amide bonds. The maximum atomic E-state index is 13.0. The van der Waals surface area contributed by atoms with Gasteiger partial charge in [-0.15, -0.1) is 0 Å². The van der Waals surface area contributed by atoms with E-state index in [1.807, 2.05) is 31.2 Å². The van der Waals surface area contributed by atoms with Gasteiger partial charge in [0.2, 0.25) is 0 Å². The number of ether oxygens (including phenoxy) is 1. The Labute approximate surface area is 186 Å². The van der Waals surface area contributed by atoms with E-state index in [2.05, 4.69) is 0 Å². The smallest absolute Gasteiger partial charge is 0.303 e. The third-order valence-corrected chi connectivity index (χ3v) is 5.59. The minimum Gasteiger partial charge on any atom is -0.507 e. The first-order valence-corrected chi connectivity index (χ1v) is 10.5. The Morgan fingerprint density at radius 1 is 0.969 bits per heavy atom. The van der Waals surface area contributed by atoms with E-state index in [1.165, 1.54) is 12.0 Å². The number of carboxylic acids is 1. The number of carboxylic acid groups (broad SMARTS) is 1. The molecule has 2 N–H and O–H groups in total. The number of aliphatic hydroxyl groups excluding tert-OH is 1. The number of aryl methyl sites for hydroxylation is 1. The number of methoxy groups -OCH3 is 1. The molecule has 0 aliphatic carbocycles. The molecule has 0 spiro atoms. The second-order valence-electron chi connectivity index (χ2n) is 7.84. The second-order valence-corrected chi connectivity index (χ2v) is 7.84. The molecule has 2 aromatic carbocycles. The summed E-state index contributed by atoms with van der Waals surface area (Å²) < 4.78 is 5.15. The van der Waals surface area contributed by atoms with Crippen LogP contribution in [0, 0.1) is 6.92 Å². The van der Waals surface area contributed by atoms with Crippen molar-refractivity contribution in [3.05, 3.63) is 70.8 Å². The molecule has 0 bridgehead atoms. The van der Waals surface area contributed by atoms with Crippen molar-refractivity contribution in [1.82, 2.24) is 4.90 Å². The predicted molar refractivity (Wildman–Crippen MR) is 119 cm³/mol. The summed E-state index contributed by atoms with van der Waals surface area (Å²) in [6.07, 6.45) is 1.75. The molecule has 1 fully saturated rings. The monoisotopic (exact) mass is 437 g/mol. The number of benzene rings is 2. The van der Waals surface area contributed by atoms with Crippen LogP contribution in [0.15, 0.2) is 54.1 Å². The zero-order valence-electron chi connectivity index (χ0n) is 18.2. The Kier molecular flexibility index (Phi) is 7.30. The van der Waals surface area contributed by atoms with E-state index >= 15 is 0 Å². The summed E-state index contributed by atoms with van der Waals surface area (Å²) >= 11 is 0. The van der Waals surface area contributed by atoms with Crippen molar-refractivity contribution in [3.63, 3.8) is 0 Å². The lowest BCUT2D eigenvalue weighted by Crippen LogP contribution is -2.30. The lowest BCUT2D eigenvalue weighted by molar-refractivity contribution is -0.140.